The highest BCUT2D eigenvalue weighted by Gasteiger charge is 2.43. The zero-order chi connectivity index (χ0) is 28.5. The van der Waals surface area contributed by atoms with Gasteiger partial charge in [0, 0.05) is 37.9 Å². The van der Waals surface area contributed by atoms with E-state index in [0.717, 1.165) is 6.20 Å². The summed E-state index contributed by atoms with van der Waals surface area (Å²) < 4.78 is 98.5. The van der Waals surface area contributed by atoms with E-state index in [1.54, 1.807) is 5.10 Å². The predicted molar refractivity (Wildman–Crippen MR) is 122 cm³/mol. The number of hydrogen-bond donors (Lipinski definition) is 2. The monoisotopic (exact) mass is 567 g/mol. The number of piperidine rings is 1. The summed E-state index contributed by atoms with van der Waals surface area (Å²) in [6.45, 7) is 1.49. The Hall–Kier alpha value is -3.50. The molecular weight excluding hydrogens is 543 g/mol. The maximum atomic E-state index is 15.1. The van der Waals surface area contributed by atoms with Crippen LogP contribution in [0.5, 0.6) is 0 Å². The molecule has 4 heterocycles. The molecule has 0 aliphatic carbocycles. The fourth-order valence-corrected chi connectivity index (χ4v) is 4.57. The Morgan fingerprint density at radius 1 is 1.08 bits per heavy atom. The normalized spacial score (nSPS) is 23.3. The number of likely N-dealkylation sites (tertiary alicyclic amines) is 1. The molecule has 1 unspecified atom stereocenters. The molecule has 2 aromatic rings. The predicted octanol–water partition coefficient (Wildman–Crippen LogP) is 2.63. The van der Waals surface area contributed by atoms with Crippen LogP contribution in [-0.2, 0) is 21.9 Å². The van der Waals surface area contributed by atoms with Crippen LogP contribution in [0.25, 0.3) is 0 Å². The quantitative estimate of drug-likeness (QED) is 0.491. The molecule has 4 atom stereocenters. The summed E-state index contributed by atoms with van der Waals surface area (Å²) in [6.07, 6.45) is -9.49. The van der Waals surface area contributed by atoms with Gasteiger partial charge in [0.05, 0.1) is 36.6 Å². The minimum absolute atomic E-state index is 0.0520. The number of nitrogens with one attached hydrogen (secondary N) is 2. The number of hydrogen-bond acceptors (Lipinski definition) is 8. The number of nitrogens with zero attached hydrogens (tertiary/aromatic N) is 5. The Morgan fingerprint density at radius 3 is 2.38 bits per heavy atom. The molecule has 17 heteroatoms. The summed E-state index contributed by atoms with van der Waals surface area (Å²) in [5, 5.41) is 7.63. The summed E-state index contributed by atoms with van der Waals surface area (Å²) >= 11 is 0. The number of halogens is 7. The Kier molecular flexibility index (Phi) is 7.99. The van der Waals surface area contributed by atoms with E-state index in [9.17, 15) is 35.9 Å². The number of rotatable bonds is 7. The van der Waals surface area contributed by atoms with Crippen LogP contribution in [0.1, 0.15) is 30.9 Å². The van der Waals surface area contributed by atoms with E-state index in [0.29, 0.717) is 12.4 Å². The van der Waals surface area contributed by atoms with Crippen LogP contribution in [0, 0.1) is 0 Å². The topological polar surface area (TPSA) is 116 Å². The summed E-state index contributed by atoms with van der Waals surface area (Å²) in [7, 11) is 0. The maximum Gasteiger partial charge on any atom is 0.423 e. The van der Waals surface area contributed by atoms with E-state index in [2.05, 4.69) is 20.4 Å². The van der Waals surface area contributed by atoms with Crippen LogP contribution in [-0.4, -0.2) is 81.6 Å². The van der Waals surface area contributed by atoms with Crippen molar-refractivity contribution in [2.24, 2.45) is 0 Å². The lowest BCUT2D eigenvalue weighted by atomic mass is 10.0. The number of aromatic nitrogens is 4. The number of carbonyl (C=O) groups excluding carboxylic acids is 1. The Labute approximate surface area is 216 Å². The first kappa shape index (κ1) is 28.5. The summed E-state index contributed by atoms with van der Waals surface area (Å²) in [5.74, 6) is -0.522. The van der Waals surface area contributed by atoms with Crippen molar-refractivity contribution < 1.29 is 40.3 Å². The van der Waals surface area contributed by atoms with Gasteiger partial charge in [0.1, 0.15) is 17.8 Å². The first-order valence-corrected chi connectivity index (χ1v) is 11.9. The highest BCUT2D eigenvalue weighted by molar-refractivity contribution is 5.83. The van der Waals surface area contributed by atoms with Gasteiger partial charge in [-0.1, -0.05) is 0 Å². The molecule has 0 saturated carbocycles. The summed E-state index contributed by atoms with van der Waals surface area (Å²) in [4.78, 5) is 34.6. The number of H-pyrrole nitrogens is 1. The SMILES string of the molecule is CC(CO[C@@H]1CCN([C@H]2CCN(c3ncc(C(F)(F)F)cn3)C[C@@H]2F)C1=O)Nc1cn[nH]c(=O)c1C(F)(F)F. The minimum atomic E-state index is -4.92. The largest absolute Gasteiger partial charge is 0.423 e. The number of ether oxygens (including phenoxy) is 1. The van der Waals surface area contributed by atoms with Gasteiger partial charge in [-0.2, -0.15) is 31.4 Å². The van der Waals surface area contributed by atoms with Crippen LogP contribution < -0.4 is 15.8 Å². The molecule has 1 amide bonds. The molecule has 0 spiro atoms. The third-order valence-electron chi connectivity index (χ3n) is 6.44. The molecule has 0 aromatic carbocycles. The van der Waals surface area contributed by atoms with Crippen LogP contribution >= 0.6 is 0 Å². The van der Waals surface area contributed by atoms with Gasteiger partial charge in [-0.15, -0.1) is 0 Å². The number of anilines is 2. The second-order valence-electron chi connectivity index (χ2n) is 9.26. The Morgan fingerprint density at radius 2 is 1.77 bits per heavy atom. The van der Waals surface area contributed by atoms with Gasteiger partial charge in [-0.3, -0.25) is 9.59 Å². The Balaban J connectivity index is 1.30. The van der Waals surface area contributed by atoms with Gasteiger partial charge >= 0.3 is 12.4 Å². The molecule has 2 fully saturated rings. The minimum Gasteiger partial charge on any atom is -0.378 e. The van der Waals surface area contributed by atoms with Gasteiger partial charge in [0.25, 0.3) is 11.5 Å². The van der Waals surface area contributed by atoms with E-state index >= 15 is 4.39 Å². The molecule has 2 aliphatic heterocycles. The lowest BCUT2D eigenvalue weighted by Crippen LogP contribution is -2.54. The van der Waals surface area contributed by atoms with E-state index in [1.165, 1.54) is 16.7 Å². The van der Waals surface area contributed by atoms with Crippen LogP contribution in [0.2, 0.25) is 0 Å². The van der Waals surface area contributed by atoms with E-state index in [1.807, 2.05) is 0 Å². The van der Waals surface area contributed by atoms with Crippen LogP contribution in [0.3, 0.4) is 0 Å². The molecule has 2 aromatic heterocycles. The van der Waals surface area contributed by atoms with Crippen molar-refractivity contribution >= 4 is 17.5 Å². The van der Waals surface area contributed by atoms with Gasteiger partial charge < -0.3 is 19.9 Å². The standard InChI is InChI=1S/C22H24F7N7O3/c1-11(33-14-8-32-34-18(37)17(14)22(27,28)29)10-39-16-3-5-36(19(16)38)15-2-4-35(9-13(15)23)20-30-6-12(7-31-20)21(24,25)26/h6-8,11,13,15-16H,2-5,9-10H2,1H3,(H2,33,34,37)/t11?,13-,15-,16+/m0/s1. The molecule has 0 radical (unpaired) electrons. The van der Waals surface area contributed by atoms with Crippen molar-refractivity contribution in [2.75, 3.05) is 36.5 Å². The zero-order valence-corrected chi connectivity index (χ0v) is 20.4. The number of aromatic amines is 1. The van der Waals surface area contributed by atoms with Crippen molar-refractivity contribution in [1.82, 2.24) is 25.1 Å². The number of alkyl halides is 7. The average molecular weight is 567 g/mol. The summed E-state index contributed by atoms with van der Waals surface area (Å²) in [6, 6.07) is -1.53. The van der Waals surface area contributed by atoms with Gasteiger partial charge in [-0.05, 0) is 13.3 Å². The van der Waals surface area contributed by atoms with Crippen LogP contribution in [0.15, 0.2) is 23.4 Å². The molecular formula is C22H24F7N7O3. The first-order chi connectivity index (χ1) is 18.3. The second kappa shape index (κ2) is 10.9. The lowest BCUT2D eigenvalue weighted by Gasteiger charge is -2.39. The van der Waals surface area contributed by atoms with Crippen molar-refractivity contribution in [2.45, 2.75) is 56.5 Å². The molecule has 4 rings (SSSR count). The molecule has 214 valence electrons. The van der Waals surface area contributed by atoms with Crippen molar-refractivity contribution in [3.63, 3.8) is 0 Å². The molecule has 10 nitrogen and oxygen atoms in total. The first-order valence-electron chi connectivity index (χ1n) is 11.9. The molecule has 39 heavy (non-hydrogen) atoms. The molecule has 2 saturated heterocycles. The third kappa shape index (κ3) is 6.39. The Bertz CT molecular complexity index is 1220. The van der Waals surface area contributed by atoms with E-state index in [-0.39, 0.29) is 45.0 Å². The highest BCUT2D eigenvalue weighted by Crippen LogP contribution is 2.32. The highest BCUT2D eigenvalue weighted by atomic mass is 19.4. The maximum absolute atomic E-state index is 15.1. The third-order valence-corrected chi connectivity index (χ3v) is 6.44. The van der Waals surface area contributed by atoms with Gasteiger partial charge in [-0.25, -0.2) is 19.5 Å². The van der Waals surface area contributed by atoms with Crippen molar-refractivity contribution in [1.29, 1.82) is 0 Å². The lowest BCUT2D eigenvalue weighted by molar-refractivity contribution is -0.140. The summed E-state index contributed by atoms with van der Waals surface area (Å²) in [5.41, 5.74) is -4.40. The van der Waals surface area contributed by atoms with Gasteiger partial charge in [0.2, 0.25) is 5.95 Å². The van der Waals surface area contributed by atoms with Gasteiger partial charge in [0.15, 0.2) is 0 Å². The van der Waals surface area contributed by atoms with Crippen molar-refractivity contribution in [3.8, 4) is 0 Å². The number of carbonyl (C=O) groups is 1. The molecule has 0 bridgehead atoms. The second-order valence-corrected chi connectivity index (χ2v) is 9.26. The zero-order valence-electron chi connectivity index (χ0n) is 20.4. The fraction of sp³-hybridized carbons (Fsp3) is 0.591. The molecule has 2 N–H and O–H groups in total. The van der Waals surface area contributed by atoms with Crippen LogP contribution in [0.4, 0.5) is 42.4 Å². The van der Waals surface area contributed by atoms with E-state index < -0.39 is 65.0 Å². The average Bonchev–Trinajstić information content (AvgIpc) is 3.21. The van der Waals surface area contributed by atoms with E-state index in [4.69, 9.17) is 4.74 Å². The smallest absolute Gasteiger partial charge is 0.378 e. The fourth-order valence-electron chi connectivity index (χ4n) is 4.57. The molecule has 2 aliphatic rings. The number of amides is 1. The van der Waals surface area contributed by atoms with Crippen molar-refractivity contribution in [3.05, 3.63) is 40.1 Å².